The van der Waals surface area contributed by atoms with Crippen molar-refractivity contribution in [2.45, 2.75) is 13.3 Å². The number of carbonyl (C=O) groups excluding carboxylic acids is 1. The van der Waals surface area contributed by atoms with Crippen molar-refractivity contribution < 1.29 is 14.3 Å². The van der Waals surface area contributed by atoms with Gasteiger partial charge in [-0.05, 0) is 31.2 Å². The van der Waals surface area contributed by atoms with Crippen LogP contribution in [0, 0.1) is 0 Å². The fourth-order valence-corrected chi connectivity index (χ4v) is 2.52. The third kappa shape index (κ3) is 4.26. The molecule has 0 aliphatic rings. The summed E-state index contributed by atoms with van der Waals surface area (Å²) in [5.74, 6) is 1.21. The van der Waals surface area contributed by atoms with Gasteiger partial charge in [0, 0.05) is 11.6 Å². The van der Waals surface area contributed by atoms with Crippen molar-refractivity contribution in [2.24, 2.45) is 0 Å². The van der Waals surface area contributed by atoms with E-state index in [1.54, 1.807) is 6.20 Å². The monoisotopic (exact) mass is 336 g/mol. The van der Waals surface area contributed by atoms with Crippen molar-refractivity contribution >= 4 is 22.5 Å². The van der Waals surface area contributed by atoms with Crippen molar-refractivity contribution in [1.29, 1.82) is 0 Å². The molecule has 1 aromatic heterocycles. The predicted molar refractivity (Wildman–Crippen MR) is 98.1 cm³/mol. The molecule has 0 unspecified atom stereocenters. The fraction of sp³-hybridized carbons (Fsp3) is 0.200. The zero-order valence-electron chi connectivity index (χ0n) is 14.1. The van der Waals surface area contributed by atoms with Crippen molar-refractivity contribution in [3.8, 4) is 11.5 Å². The molecule has 1 heterocycles. The number of nitrogens with zero attached hydrogens (tertiary/aromatic N) is 1. The number of carbonyl (C=O) groups is 1. The number of pyridine rings is 1. The number of amides is 1. The molecule has 5 heteroatoms. The Kier molecular flexibility index (Phi) is 5.46. The summed E-state index contributed by atoms with van der Waals surface area (Å²) in [6.07, 6.45) is 1.95. The molecule has 3 rings (SSSR count). The molecule has 2 aromatic carbocycles. The highest BCUT2D eigenvalue weighted by atomic mass is 16.5. The molecule has 0 radical (unpaired) electrons. The van der Waals surface area contributed by atoms with Crippen molar-refractivity contribution in [3.05, 3.63) is 60.8 Å². The minimum Gasteiger partial charge on any atom is -0.490 e. The van der Waals surface area contributed by atoms with Gasteiger partial charge >= 0.3 is 0 Å². The second-order valence-electron chi connectivity index (χ2n) is 5.41. The van der Waals surface area contributed by atoms with Gasteiger partial charge in [-0.15, -0.1) is 0 Å². The molecule has 1 N–H and O–H groups in total. The Morgan fingerprint density at radius 2 is 1.76 bits per heavy atom. The zero-order valence-corrected chi connectivity index (χ0v) is 14.1. The Hall–Kier alpha value is -3.08. The van der Waals surface area contributed by atoms with Gasteiger partial charge < -0.3 is 14.8 Å². The minimum atomic E-state index is -0.118. The topological polar surface area (TPSA) is 60.5 Å². The Labute approximate surface area is 146 Å². The van der Waals surface area contributed by atoms with E-state index in [0.29, 0.717) is 23.8 Å². The Bertz CT molecular complexity index is 859. The molecule has 0 bridgehead atoms. The van der Waals surface area contributed by atoms with E-state index in [0.717, 1.165) is 10.9 Å². The first-order valence-electron chi connectivity index (χ1n) is 8.26. The highest BCUT2D eigenvalue weighted by Gasteiger charge is 2.08. The van der Waals surface area contributed by atoms with Crippen LogP contribution in [0.1, 0.15) is 13.3 Å². The molecule has 0 atom stereocenters. The third-order valence-electron chi connectivity index (χ3n) is 3.64. The normalized spacial score (nSPS) is 10.4. The van der Waals surface area contributed by atoms with Crippen LogP contribution < -0.4 is 14.8 Å². The molecule has 0 aliphatic heterocycles. The number of hydrogen-bond donors (Lipinski definition) is 1. The lowest BCUT2D eigenvalue weighted by Crippen LogP contribution is -2.15. The summed E-state index contributed by atoms with van der Waals surface area (Å²) in [7, 11) is 0. The molecule has 0 saturated carbocycles. The van der Waals surface area contributed by atoms with Gasteiger partial charge in [-0.3, -0.25) is 9.78 Å². The van der Waals surface area contributed by atoms with Gasteiger partial charge in [-0.2, -0.15) is 0 Å². The van der Waals surface area contributed by atoms with Crippen LogP contribution in [-0.2, 0) is 4.79 Å². The van der Waals surface area contributed by atoms with Gasteiger partial charge in [-0.25, -0.2) is 0 Å². The van der Waals surface area contributed by atoms with Gasteiger partial charge in [0.2, 0.25) is 5.91 Å². The lowest BCUT2D eigenvalue weighted by atomic mass is 10.2. The third-order valence-corrected chi connectivity index (χ3v) is 3.64. The Balaban J connectivity index is 1.58. The fourth-order valence-electron chi connectivity index (χ4n) is 2.52. The van der Waals surface area contributed by atoms with E-state index in [9.17, 15) is 4.79 Å². The van der Waals surface area contributed by atoms with E-state index in [4.69, 9.17) is 9.47 Å². The summed E-state index contributed by atoms with van der Waals surface area (Å²) in [4.78, 5) is 16.5. The van der Waals surface area contributed by atoms with E-state index >= 15 is 0 Å². The number of anilines is 1. The van der Waals surface area contributed by atoms with Gasteiger partial charge in [0.25, 0.3) is 0 Å². The highest BCUT2D eigenvalue weighted by Crippen LogP contribution is 2.26. The summed E-state index contributed by atoms with van der Waals surface area (Å²) >= 11 is 0. The van der Waals surface area contributed by atoms with Gasteiger partial charge in [0.05, 0.1) is 30.8 Å². The van der Waals surface area contributed by atoms with E-state index in [2.05, 4.69) is 10.3 Å². The van der Waals surface area contributed by atoms with E-state index in [-0.39, 0.29) is 18.9 Å². The summed E-state index contributed by atoms with van der Waals surface area (Å²) in [6.45, 7) is 2.76. The molecule has 0 saturated heterocycles. The molecule has 0 fully saturated rings. The maximum atomic E-state index is 12.2. The van der Waals surface area contributed by atoms with Gasteiger partial charge in [0.15, 0.2) is 11.5 Å². The Morgan fingerprint density at radius 1 is 1.00 bits per heavy atom. The van der Waals surface area contributed by atoms with Crippen LogP contribution in [0.15, 0.2) is 60.8 Å². The number of hydrogen-bond acceptors (Lipinski definition) is 4. The number of fused-ring (bicyclic) bond motifs is 1. The standard InChI is InChI=1S/C20H20N2O3/c1-2-24-17-10-3-4-11-18(17)25-14-12-19(23)22-16-9-5-7-15-8-6-13-21-20(15)16/h3-11,13H,2,12,14H2,1H3,(H,22,23). The molecule has 0 aliphatic carbocycles. The first-order chi connectivity index (χ1) is 12.3. The van der Waals surface area contributed by atoms with Crippen LogP contribution in [0.2, 0.25) is 0 Å². The van der Waals surface area contributed by atoms with Crippen LogP contribution in [0.4, 0.5) is 5.69 Å². The smallest absolute Gasteiger partial charge is 0.227 e. The van der Waals surface area contributed by atoms with E-state index in [1.807, 2.05) is 61.5 Å². The van der Waals surface area contributed by atoms with Crippen LogP contribution in [-0.4, -0.2) is 24.1 Å². The van der Waals surface area contributed by atoms with E-state index < -0.39 is 0 Å². The highest BCUT2D eigenvalue weighted by molar-refractivity contribution is 6.00. The SMILES string of the molecule is CCOc1ccccc1OCCC(=O)Nc1cccc2cccnc12. The van der Waals surface area contributed by atoms with Gasteiger partial charge in [-0.1, -0.05) is 30.3 Å². The quantitative estimate of drug-likeness (QED) is 0.707. The zero-order chi connectivity index (χ0) is 17.5. The van der Waals surface area contributed by atoms with Crippen molar-refractivity contribution in [3.63, 3.8) is 0 Å². The first kappa shape index (κ1) is 16.8. The Morgan fingerprint density at radius 3 is 2.56 bits per heavy atom. The summed E-state index contributed by atoms with van der Waals surface area (Å²) in [6, 6.07) is 17.0. The number of aromatic nitrogens is 1. The van der Waals surface area contributed by atoms with Crippen molar-refractivity contribution in [2.75, 3.05) is 18.5 Å². The summed E-state index contributed by atoms with van der Waals surface area (Å²) in [5, 5.41) is 3.89. The number of para-hydroxylation sites is 3. The maximum Gasteiger partial charge on any atom is 0.227 e. The minimum absolute atomic E-state index is 0.118. The molecule has 25 heavy (non-hydrogen) atoms. The lowest BCUT2D eigenvalue weighted by Gasteiger charge is -2.12. The summed E-state index contributed by atoms with van der Waals surface area (Å²) in [5.41, 5.74) is 1.48. The molecule has 0 spiro atoms. The second kappa shape index (κ2) is 8.15. The molecule has 128 valence electrons. The average molecular weight is 336 g/mol. The molecular weight excluding hydrogens is 316 g/mol. The second-order valence-corrected chi connectivity index (χ2v) is 5.41. The van der Waals surface area contributed by atoms with E-state index in [1.165, 1.54) is 0 Å². The van der Waals surface area contributed by atoms with Crippen LogP contribution in [0.25, 0.3) is 10.9 Å². The molecule has 5 nitrogen and oxygen atoms in total. The molecule has 3 aromatic rings. The first-order valence-corrected chi connectivity index (χ1v) is 8.26. The number of benzene rings is 2. The summed E-state index contributed by atoms with van der Waals surface area (Å²) < 4.78 is 11.2. The lowest BCUT2D eigenvalue weighted by molar-refractivity contribution is -0.116. The average Bonchev–Trinajstić information content (AvgIpc) is 2.64. The van der Waals surface area contributed by atoms with Crippen LogP contribution in [0.5, 0.6) is 11.5 Å². The number of nitrogens with one attached hydrogen (secondary N) is 1. The number of ether oxygens (including phenoxy) is 2. The van der Waals surface area contributed by atoms with Gasteiger partial charge in [0.1, 0.15) is 0 Å². The van der Waals surface area contributed by atoms with Crippen LogP contribution >= 0.6 is 0 Å². The number of rotatable bonds is 7. The largest absolute Gasteiger partial charge is 0.490 e. The predicted octanol–water partition coefficient (Wildman–Crippen LogP) is 4.04. The molecular formula is C20H20N2O3. The maximum absolute atomic E-state index is 12.2. The van der Waals surface area contributed by atoms with Crippen molar-refractivity contribution in [1.82, 2.24) is 4.98 Å². The van der Waals surface area contributed by atoms with Crippen LogP contribution in [0.3, 0.4) is 0 Å². The molecule has 1 amide bonds.